The van der Waals surface area contributed by atoms with Gasteiger partial charge in [-0.1, -0.05) is 0 Å². The van der Waals surface area contributed by atoms with Gasteiger partial charge in [-0.2, -0.15) is 0 Å². The predicted octanol–water partition coefficient (Wildman–Crippen LogP) is 3.62. The summed E-state index contributed by atoms with van der Waals surface area (Å²) >= 11 is 0. The van der Waals surface area contributed by atoms with E-state index in [0.717, 1.165) is 19.3 Å². The Labute approximate surface area is 164 Å². The molecule has 2 atom stereocenters. The van der Waals surface area contributed by atoms with E-state index in [2.05, 4.69) is 0 Å². The molecule has 0 spiro atoms. The second-order valence-corrected chi connectivity index (χ2v) is 8.77. The zero-order valence-corrected chi connectivity index (χ0v) is 18.0. The fourth-order valence-electron chi connectivity index (χ4n) is 3.19. The first-order valence-corrected chi connectivity index (χ1v) is 9.99. The van der Waals surface area contributed by atoms with E-state index in [4.69, 9.17) is 9.47 Å². The lowest BCUT2D eigenvalue weighted by Gasteiger charge is -2.22. The van der Waals surface area contributed by atoms with Crippen LogP contribution in [0.25, 0.3) is 0 Å². The van der Waals surface area contributed by atoms with Crippen LogP contribution in [0.1, 0.15) is 85.5 Å². The smallest absolute Gasteiger partial charge is 0.311 e. The topological polar surface area (TPSA) is 93.1 Å². The first-order chi connectivity index (χ1) is 12.5. The number of methoxy groups -OCH3 is 2. The Balaban J connectivity index is 3.90. The molecule has 6 heteroatoms. The highest BCUT2D eigenvalue weighted by Gasteiger charge is 2.29. The third kappa shape index (κ3) is 10.7. The maximum Gasteiger partial charge on any atom is 0.311 e. The SMILES string of the molecule is COC(=O)C(C)(C)CCCC(O)CCCC(O)CCCC(C)(C)C(=O)OC. The minimum absolute atomic E-state index is 0.226. The summed E-state index contributed by atoms with van der Waals surface area (Å²) in [7, 11) is 2.78. The minimum atomic E-state index is -0.525. The summed E-state index contributed by atoms with van der Waals surface area (Å²) in [6, 6.07) is 0. The molecule has 2 unspecified atom stereocenters. The summed E-state index contributed by atoms with van der Waals surface area (Å²) in [5.74, 6) is -0.453. The van der Waals surface area contributed by atoms with E-state index in [1.165, 1.54) is 14.2 Å². The number of rotatable bonds is 14. The van der Waals surface area contributed by atoms with E-state index in [1.807, 2.05) is 27.7 Å². The van der Waals surface area contributed by atoms with E-state index >= 15 is 0 Å². The lowest BCUT2D eigenvalue weighted by atomic mass is 9.86. The van der Waals surface area contributed by atoms with E-state index in [1.54, 1.807) is 0 Å². The molecule has 160 valence electrons. The number of carbonyl (C=O) groups is 2. The Bertz CT molecular complexity index is 404. The second kappa shape index (κ2) is 12.3. The van der Waals surface area contributed by atoms with Crippen molar-refractivity contribution in [1.82, 2.24) is 0 Å². The molecule has 0 aliphatic rings. The zero-order valence-electron chi connectivity index (χ0n) is 18.0. The number of carbonyl (C=O) groups excluding carboxylic acids is 2. The summed E-state index contributed by atoms with van der Waals surface area (Å²) < 4.78 is 9.56. The summed E-state index contributed by atoms with van der Waals surface area (Å²) in [4.78, 5) is 23.2. The molecule has 0 aromatic heterocycles. The van der Waals surface area contributed by atoms with Crippen molar-refractivity contribution in [2.45, 2.75) is 97.7 Å². The van der Waals surface area contributed by atoms with Crippen LogP contribution in [0.5, 0.6) is 0 Å². The fraction of sp³-hybridized carbons (Fsp3) is 0.905. The summed E-state index contributed by atoms with van der Waals surface area (Å²) in [6.07, 6.45) is 5.37. The van der Waals surface area contributed by atoms with Gasteiger partial charge in [0, 0.05) is 0 Å². The molecule has 0 radical (unpaired) electrons. The van der Waals surface area contributed by atoms with Gasteiger partial charge in [-0.15, -0.1) is 0 Å². The van der Waals surface area contributed by atoms with Gasteiger partial charge in [0.1, 0.15) is 0 Å². The van der Waals surface area contributed by atoms with Crippen molar-refractivity contribution in [3.63, 3.8) is 0 Å². The molecular formula is C21H40O6. The van der Waals surface area contributed by atoms with Gasteiger partial charge in [0.2, 0.25) is 0 Å². The molecule has 0 bridgehead atoms. The number of ether oxygens (including phenoxy) is 2. The van der Waals surface area contributed by atoms with Gasteiger partial charge >= 0.3 is 11.9 Å². The first-order valence-electron chi connectivity index (χ1n) is 9.99. The van der Waals surface area contributed by atoms with Gasteiger partial charge in [-0.25, -0.2) is 0 Å². The van der Waals surface area contributed by atoms with Crippen LogP contribution in [-0.2, 0) is 19.1 Å². The molecule has 2 N–H and O–H groups in total. The van der Waals surface area contributed by atoms with Crippen LogP contribution in [-0.4, -0.2) is 48.6 Å². The van der Waals surface area contributed by atoms with E-state index in [0.29, 0.717) is 38.5 Å². The molecule has 0 heterocycles. The van der Waals surface area contributed by atoms with Crippen LogP contribution >= 0.6 is 0 Å². The van der Waals surface area contributed by atoms with Gasteiger partial charge in [-0.3, -0.25) is 9.59 Å². The molecule has 0 aliphatic heterocycles. The third-order valence-electron chi connectivity index (χ3n) is 5.23. The maximum atomic E-state index is 11.6. The van der Waals surface area contributed by atoms with E-state index < -0.39 is 23.0 Å². The Morgan fingerprint density at radius 2 is 1.00 bits per heavy atom. The van der Waals surface area contributed by atoms with Gasteiger partial charge in [0.05, 0.1) is 37.3 Å². The fourth-order valence-corrected chi connectivity index (χ4v) is 3.19. The van der Waals surface area contributed by atoms with Crippen LogP contribution in [0.15, 0.2) is 0 Å². The molecule has 0 fully saturated rings. The molecule has 6 nitrogen and oxygen atoms in total. The van der Waals surface area contributed by atoms with Crippen LogP contribution in [0.2, 0.25) is 0 Å². The summed E-state index contributed by atoms with van der Waals surface area (Å²) in [6.45, 7) is 7.40. The van der Waals surface area contributed by atoms with Crippen molar-refractivity contribution in [2.24, 2.45) is 10.8 Å². The molecule has 27 heavy (non-hydrogen) atoms. The van der Waals surface area contributed by atoms with Gasteiger partial charge in [0.25, 0.3) is 0 Å². The summed E-state index contributed by atoms with van der Waals surface area (Å²) in [5, 5.41) is 20.2. The van der Waals surface area contributed by atoms with Gasteiger partial charge < -0.3 is 19.7 Å². The third-order valence-corrected chi connectivity index (χ3v) is 5.23. The normalized spacial score (nSPS) is 14.5. The first kappa shape index (κ1) is 25.9. The quantitative estimate of drug-likeness (QED) is 0.442. The number of hydrogen-bond donors (Lipinski definition) is 2. The predicted molar refractivity (Wildman–Crippen MR) is 105 cm³/mol. The molecule has 0 saturated carbocycles. The molecular weight excluding hydrogens is 348 g/mol. The number of aliphatic hydroxyl groups excluding tert-OH is 2. The highest BCUT2D eigenvalue weighted by Crippen LogP contribution is 2.27. The van der Waals surface area contributed by atoms with E-state index in [9.17, 15) is 19.8 Å². The lowest BCUT2D eigenvalue weighted by Crippen LogP contribution is -2.26. The van der Waals surface area contributed by atoms with Crippen molar-refractivity contribution in [2.75, 3.05) is 14.2 Å². The highest BCUT2D eigenvalue weighted by atomic mass is 16.5. The summed E-state index contributed by atoms with van der Waals surface area (Å²) in [5.41, 5.74) is -1.05. The molecule has 0 aromatic carbocycles. The Kier molecular flexibility index (Phi) is 11.8. The molecule has 0 saturated heterocycles. The largest absolute Gasteiger partial charge is 0.469 e. The lowest BCUT2D eigenvalue weighted by molar-refractivity contribution is -0.152. The molecule has 0 aliphatic carbocycles. The van der Waals surface area contributed by atoms with Crippen molar-refractivity contribution >= 4 is 11.9 Å². The minimum Gasteiger partial charge on any atom is -0.469 e. The molecule has 0 rings (SSSR count). The Morgan fingerprint density at radius 1 is 0.704 bits per heavy atom. The van der Waals surface area contributed by atoms with Crippen LogP contribution in [0.3, 0.4) is 0 Å². The van der Waals surface area contributed by atoms with Crippen LogP contribution < -0.4 is 0 Å². The van der Waals surface area contributed by atoms with Crippen molar-refractivity contribution in [3.8, 4) is 0 Å². The standard InChI is InChI=1S/C21H40O6/c1-20(2,18(24)26-5)14-8-12-16(22)10-7-11-17(23)13-9-15-21(3,4)19(25)27-6/h16-17,22-23H,7-15H2,1-6H3. The second-order valence-electron chi connectivity index (χ2n) is 8.77. The van der Waals surface area contributed by atoms with Crippen LogP contribution in [0, 0.1) is 10.8 Å². The Hall–Kier alpha value is -1.14. The maximum absolute atomic E-state index is 11.6. The zero-order chi connectivity index (χ0) is 21.1. The highest BCUT2D eigenvalue weighted by molar-refractivity contribution is 5.76. The van der Waals surface area contributed by atoms with Crippen molar-refractivity contribution in [3.05, 3.63) is 0 Å². The van der Waals surface area contributed by atoms with Gasteiger partial charge in [-0.05, 0) is 85.5 Å². The van der Waals surface area contributed by atoms with E-state index in [-0.39, 0.29) is 11.9 Å². The van der Waals surface area contributed by atoms with Gasteiger partial charge in [0.15, 0.2) is 0 Å². The monoisotopic (exact) mass is 388 g/mol. The average molecular weight is 389 g/mol. The number of hydrogen-bond acceptors (Lipinski definition) is 6. The van der Waals surface area contributed by atoms with Crippen molar-refractivity contribution < 1.29 is 29.3 Å². The molecule has 0 amide bonds. The number of esters is 2. The van der Waals surface area contributed by atoms with Crippen molar-refractivity contribution in [1.29, 1.82) is 0 Å². The van der Waals surface area contributed by atoms with Crippen LogP contribution in [0.4, 0.5) is 0 Å². The molecule has 0 aromatic rings. The Morgan fingerprint density at radius 3 is 1.30 bits per heavy atom. The average Bonchev–Trinajstić information content (AvgIpc) is 2.59. The number of aliphatic hydroxyl groups is 2.